The number of hydrogen-bond donors (Lipinski definition) is 0. The van der Waals surface area contributed by atoms with Crippen LogP contribution in [0.2, 0.25) is 0 Å². The van der Waals surface area contributed by atoms with Crippen molar-refractivity contribution in [3.8, 4) is 0 Å². The van der Waals surface area contributed by atoms with E-state index >= 15 is 0 Å². The van der Waals surface area contributed by atoms with Crippen molar-refractivity contribution in [2.45, 2.75) is 39.3 Å². The number of rotatable bonds is 3. The molecule has 0 aromatic carbocycles. The molecule has 0 aromatic heterocycles. The summed E-state index contributed by atoms with van der Waals surface area (Å²) in [5.41, 5.74) is -0.572. The van der Waals surface area contributed by atoms with Crippen LogP contribution in [0.1, 0.15) is 27.7 Å². The van der Waals surface area contributed by atoms with E-state index in [2.05, 4.69) is 0 Å². The molecular formula is C10H18N2O4. The average Bonchev–Trinajstić information content (AvgIpc) is 2.10. The highest BCUT2D eigenvalue weighted by molar-refractivity contribution is 5.68. The number of amides is 1. The van der Waals surface area contributed by atoms with Crippen molar-refractivity contribution in [1.82, 2.24) is 4.90 Å². The minimum Gasteiger partial charge on any atom is -0.444 e. The molecule has 0 fully saturated rings. The molecule has 0 heterocycles. The maximum absolute atomic E-state index is 11.5. The number of carbonyl (C=O) groups excluding carboxylic acids is 1. The fraction of sp³-hybridized carbons (Fsp3) is 0.700. The van der Waals surface area contributed by atoms with Crippen molar-refractivity contribution in [3.05, 3.63) is 22.4 Å². The molecule has 0 saturated heterocycles. The molecular weight excluding hydrogens is 212 g/mol. The zero-order chi connectivity index (χ0) is 12.9. The summed E-state index contributed by atoms with van der Waals surface area (Å²) in [5.74, 6) is 0. The molecule has 0 spiro atoms. The number of nitro groups is 1. The normalized spacial score (nSPS) is 13.6. The third-order valence-electron chi connectivity index (χ3n) is 1.78. The van der Waals surface area contributed by atoms with Gasteiger partial charge in [-0.2, -0.15) is 0 Å². The maximum atomic E-state index is 11.5. The Balaban J connectivity index is 4.38. The van der Waals surface area contributed by atoms with Gasteiger partial charge in [-0.1, -0.05) is 0 Å². The zero-order valence-corrected chi connectivity index (χ0v) is 10.3. The number of likely N-dealkylation sites (N-methyl/N-ethyl adjacent to an activating group) is 1. The van der Waals surface area contributed by atoms with E-state index in [1.807, 2.05) is 0 Å². The summed E-state index contributed by atoms with van der Waals surface area (Å²) in [6.07, 6.45) is 1.63. The molecule has 0 aliphatic heterocycles. The average molecular weight is 230 g/mol. The van der Waals surface area contributed by atoms with E-state index in [9.17, 15) is 14.9 Å². The van der Waals surface area contributed by atoms with Gasteiger partial charge in [0.15, 0.2) is 0 Å². The largest absolute Gasteiger partial charge is 0.444 e. The summed E-state index contributed by atoms with van der Waals surface area (Å²) in [6, 6.07) is -0.389. The molecule has 16 heavy (non-hydrogen) atoms. The lowest BCUT2D eigenvalue weighted by atomic mass is 10.2. The quantitative estimate of drug-likeness (QED) is 0.549. The standard InChI is InChI=1S/C10H18N2O4/c1-8(6-7-12(14)15)11(5)9(13)16-10(2,3)4/h6-8H,1-5H3/b7-6+. The lowest BCUT2D eigenvalue weighted by Gasteiger charge is -2.26. The van der Waals surface area contributed by atoms with Crippen LogP contribution < -0.4 is 0 Å². The van der Waals surface area contributed by atoms with E-state index in [-0.39, 0.29) is 6.04 Å². The van der Waals surface area contributed by atoms with Crippen LogP contribution in [0, 0.1) is 10.1 Å². The summed E-state index contributed by atoms with van der Waals surface area (Å²) in [6.45, 7) is 6.95. The first-order valence-electron chi connectivity index (χ1n) is 4.91. The lowest BCUT2D eigenvalue weighted by molar-refractivity contribution is -0.402. The number of carbonyl (C=O) groups is 1. The van der Waals surface area contributed by atoms with Crippen LogP contribution in [0.15, 0.2) is 12.3 Å². The van der Waals surface area contributed by atoms with E-state index in [4.69, 9.17) is 4.74 Å². The summed E-state index contributed by atoms with van der Waals surface area (Å²) < 4.78 is 5.11. The van der Waals surface area contributed by atoms with Gasteiger partial charge in [0.25, 0.3) is 0 Å². The van der Waals surface area contributed by atoms with Crippen LogP contribution >= 0.6 is 0 Å². The van der Waals surface area contributed by atoms with Crippen LogP contribution in [-0.4, -0.2) is 34.6 Å². The van der Waals surface area contributed by atoms with Gasteiger partial charge in [-0.3, -0.25) is 10.1 Å². The first kappa shape index (κ1) is 14.4. The van der Waals surface area contributed by atoms with Crippen molar-refractivity contribution in [2.75, 3.05) is 7.05 Å². The molecule has 0 radical (unpaired) electrons. The van der Waals surface area contributed by atoms with Gasteiger partial charge in [0.2, 0.25) is 6.20 Å². The van der Waals surface area contributed by atoms with Gasteiger partial charge in [-0.05, 0) is 27.7 Å². The first-order valence-corrected chi connectivity index (χ1v) is 4.91. The molecule has 0 aromatic rings. The highest BCUT2D eigenvalue weighted by Gasteiger charge is 2.22. The summed E-state index contributed by atoms with van der Waals surface area (Å²) in [5, 5.41) is 10.1. The molecule has 0 aliphatic rings. The third kappa shape index (κ3) is 6.00. The zero-order valence-electron chi connectivity index (χ0n) is 10.3. The molecule has 0 aliphatic carbocycles. The van der Waals surface area contributed by atoms with Crippen LogP contribution in [0.4, 0.5) is 4.79 Å². The highest BCUT2D eigenvalue weighted by Crippen LogP contribution is 2.10. The Bertz CT molecular complexity index is 294. The predicted molar refractivity (Wildman–Crippen MR) is 59.6 cm³/mol. The smallest absolute Gasteiger partial charge is 0.410 e. The Labute approximate surface area is 95.0 Å². The van der Waals surface area contributed by atoms with Gasteiger partial charge < -0.3 is 9.64 Å². The minimum atomic E-state index is -0.572. The van der Waals surface area contributed by atoms with Crippen LogP contribution in [0.5, 0.6) is 0 Å². The molecule has 6 heteroatoms. The molecule has 0 bridgehead atoms. The lowest BCUT2D eigenvalue weighted by Crippen LogP contribution is -2.38. The van der Waals surface area contributed by atoms with E-state index in [1.54, 1.807) is 27.7 Å². The summed E-state index contributed by atoms with van der Waals surface area (Å²) in [4.78, 5) is 22.4. The van der Waals surface area contributed by atoms with Crippen molar-refractivity contribution in [2.24, 2.45) is 0 Å². The third-order valence-corrected chi connectivity index (χ3v) is 1.78. The Morgan fingerprint density at radius 2 is 2.00 bits per heavy atom. The van der Waals surface area contributed by atoms with Crippen LogP contribution in [-0.2, 0) is 4.74 Å². The van der Waals surface area contributed by atoms with E-state index in [0.29, 0.717) is 0 Å². The second-order valence-corrected chi connectivity index (χ2v) is 4.46. The first-order chi connectivity index (χ1) is 7.13. The fourth-order valence-electron chi connectivity index (χ4n) is 0.824. The molecule has 92 valence electrons. The molecule has 0 saturated carbocycles. The number of hydrogen-bond acceptors (Lipinski definition) is 4. The molecule has 6 nitrogen and oxygen atoms in total. The monoisotopic (exact) mass is 230 g/mol. The maximum Gasteiger partial charge on any atom is 0.410 e. The summed E-state index contributed by atoms with van der Waals surface area (Å²) >= 11 is 0. The van der Waals surface area contributed by atoms with Gasteiger partial charge in [0.1, 0.15) is 5.60 Å². The van der Waals surface area contributed by atoms with Crippen molar-refractivity contribution >= 4 is 6.09 Å². The van der Waals surface area contributed by atoms with Crippen molar-refractivity contribution < 1.29 is 14.5 Å². The molecule has 1 amide bonds. The van der Waals surface area contributed by atoms with Gasteiger partial charge in [-0.25, -0.2) is 4.79 Å². The Kier molecular flexibility index (Phi) is 4.94. The number of nitrogens with zero attached hydrogens (tertiary/aromatic N) is 2. The van der Waals surface area contributed by atoms with Crippen LogP contribution in [0.3, 0.4) is 0 Å². The molecule has 0 N–H and O–H groups in total. The van der Waals surface area contributed by atoms with Crippen molar-refractivity contribution in [3.63, 3.8) is 0 Å². The highest BCUT2D eigenvalue weighted by atomic mass is 16.6. The Morgan fingerprint density at radius 3 is 2.38 bits per heavy atom. The van der Waals surface area contributed by atoms with E-state index in [1.165, 1.54) is 18.0 Å². The second kappa shape index (κ2) is 5.48. The minimum absolute atomic E-state index is 0.389. The Morgan fingerprint density at radius 1 is 1.50 bits per heavy atom. The van der Waals surface area contributed by atoms with Gasteiger partial charge >= 0.3 is 6.09 Å². The summed E-state index contributed by atoms with van der Waals surface area (Å²) in [7, 11) is 1.53. The van der Waals surface area contributed by atoms with E-state index < -0.39 is 16.6 Å². The molecule has 0 rings (SSSR count). The Hall–Kier alpha value is -1.59. The van der Waals surface area contributed by atoms with Gasteiger partial charge in [0, 0.05) is 13.1 Å². The van der Waals surface area contributed by atoms with Gasteiger partial charge in [-0.15, -0.1) is 0 Å². The predicted octanol–water partition coefficient (Wildman–Crippen LogP) is 2.03. The SMILES string of the molecule is CC(/C=C/[N+](=O)[O-])N(C)C(=O)OC(C)(C)C. The topological polar surface area (TPSA) is 72.7 Å². The van der Waals surface area contributed by atoms with Crippen molar-refractivity contribution in [1.29, 1.82) is 0 Å². The number of ether oxygens (including phenoxy) is 1. The molecule has 1 atom stereocenters. The second-order valence-electron chi connectivity index (χ2n) is 4.46. The molecule has 1 unspecified atom stereocenters. The fourth-order valence-corrected chi connectivity index (χ4v) is 0.824. The van der Waals surface area contributed by atoms with Gasteiger partial charge in [0.05, 0.1) is 11.0 Å². The van der Waals surface area contributed by atoms with E-state index in [0.717, 1.165) is 6.20 Å². The van der Waals surface area contributed by atoms with Crippen LogP contribution in [0.25, 0.3) is 0 Å².